The quantitative estimate of drug-likeness (QED) is 0.154. The zero-order chi connectivity index (χ0) is 41.9. The summed E-state index contributed by atoms with van der Waals surface area (Å²) in [6.45, 7) is 3.34. The summed E-state index contributed by atoms with van der Waals surface area (Å²) < 4.78 is 0. The van der Waals surface area contributed by atoms with Gasteiger partial charge in [-0.15, -0.1) is 0 Å². The first-order valence-corrected chi connectivity index (χ1v) is 22.6. The Labute approximate surface area is 371 Å². The van der Waals surface area contributed by atoms with Gasteiger partial charge in [0, 0.05) is 35.1 Å². The third-order valence-corrected chi connectivity index (χ3v) is 14.0. The largest absolute Gasteiger partial charge is 0.341 e. The fourth-order valence-electron chi connectivity index (χ4n) is 11.1. The van der Waals surface area contributed by atoms with Crippen molar-refractivity contribution in [3.05, 3.63) is 244 Å². The van der Waals surface area contributed by atoms with Crippen molar-refractivity contribution in [3.8, 4) is 11.1 Å². The Kier molecular flexibility index (Phi) is 9.18. The van der Waals surface area contributed by atoms with Crippen LogP contribution in [0.1, 0.15) is 68.3 Å². The molecular weight excluding hydrogens is 761 g/mol. The normalized spacial score (nSPS) is 18.2. The van der Waals surface area contributed by atoms with Crippen LogP contribution in [0, 0.1) is 12.8 Å². The van der Waals surface area contributed by atoms with E-state index in [0.717, 1.165) is 13.0 Å². The van der Waals surface area contributed by atoms with E-state index in [4.69, 9.17) is 0 Å². The lowest BCUT2D eigenvalue weighted by atomic mass is 9.77. The maximum atomic E-state index is 2.51. The first-order valence-electron chi connectivity index (χ1n) is 22.6. The lowest BCUT2D eigenvalue weighted by molar-refractivity contribution is 0.568. The van der Waals surface area contributed by atoms with Crippen LogP contribution in [0.2, 0.25) is 0 Å². The topological polar surface area (TPSA) is 6.48 Å². The first kappa shape index (κ1) is 37.4. The first-order chi connectivity index (χ1) is 31.2. The summed E-state index contributed by atoms with van der Waals surface area (Å²) in [5, 5.41) is 2.45. The summed E-state index contributed by atoms with van der Waals surface area (Å²) >= 11 is 0. The van der Waals surface area contributed by atoms with Gasteiger partial charge in [0.25, 0.3) is 0 Å². The number of nitrogens with zero attached hydrogens (tertiary/aromatic N) is 2. The van der Waals surface area contributed by atoms with Gasteiger partial charge in [-0.3, -0.25) is 0 Å². The number of rotatable bonds is 6. The highest BCUT2D eigenvalue weighted by Gasteiger charge is 2.40. The number of benzene rings is 8. The number of fused-ring (bicyclic) bond motifs is 7. The molecule has 302 valence electrons. The SMILES string of the molecule is Cc1cc(N2CCCc3ccccc32)ccc1-c1ccc(/C=C/c2cccc3c(N4c5ccccc5C=Cc5ccccc54)cccc23)cc1C1c2ccccc2C2C=CC=CC21. The molecule has 8 aromatic rings. The van der Waals surface area contributed by atoms with E-state index < -0.39 is 0 Å². The number of aryl methyl sites for hydroxylation is 2. The number of anilines is 5. The molecule has 0 N–H and O–H groups in total. The molecule has 3 unspecified atom stereocenters. The molecule has 0 spiro atoms. The van der Waals surface area contributed by atoms with E-state index in [1.165, 1.54) is 107 Å². The van der Waals surface area contributed by atoms with Crippen molar-refractivity contribution in [2.45, 2.75) is 31.6 Å². The number of para-hydroxylation sites is 3. The van der Waals surface area contributed by atoms with Crippen molar-refractivity contribution in [1.29, 1.82) is 0 Å². The Bertz CT molecular complexity index is 3160. The molecule has 0 saturated carbocycles. The molecular formula is C61H48N2. The highest BCUT2D eigenvalue weighted by Crippen LogP contribution is 2.54. The Balaban J connectivity index is 0.962. The van der Waals surface area contributed by atoms with Crippen molar-refractivity contribution in [1.82, 2.24) is 0 Å². The van der Waals surface area contributed by atoms with Crippen molar-refractivity contribution in [2.75, 3.05) is 16.3 Å². The Morgan fingerprint density at radius 1 is 0.524 bits per heavy atom. The second-order valence-corrected chi connectivity index (χ2v) is 17.5. The zero-order valence-corrected chi connectivity index (χ0v) is 35.5. The standard InChI is InChI=1S/C61H48N2/c1-41-39-47(62-38-14-19-44-15-2-9-26-57(44)62)35-37-48(41)52-36-31-42(40-56(52)61-54-22-7-5-20-50(54)51-21-6-8-23-55(51)61)30-32-43-18-12-25-53-49(43)24-13-29-60(53)63-58-27-10-3-16-45(58)33-34-46-17-4-11-28-59(46)63/h2-13,15-18,20-37,39-40,50,54,61H,14,19,38H2,1H3/b32-30+. The minimum atomic E-state index is 0.234. The summed E-state index contributed by atoms with van der Waals surface area (Å²) in [6, 6.07) is 63.4. The highest BCUT2D eigenvalue weighted by molar-refractivity contribution is 6.05. The molecule has 2 nitrogen and oxygen atoms in total. The Morgan fingerprint density at radius 3 is 2.03 bits per heavy atom. The number of hydrogen-bond acceptors (Lipinski definition) is 2. The van der Waals surface area contributed by atoms with Gasteiger partial charge in [0.2, 0.25) is 0 Å². The van der Waals surface area contributed by atoms with Gasteiger partial charge in [-0.2, -0.15) is 0 Å². The second-order valence-electron chi connectivity index (χ2n) is 17.5. The van der Waals surface area contributed by atoms with Crippen molar-refractivity contribution in [2.24, 2.45) is 5.92 Å². The summed E-state index contributed by atoms with van der Waals surface area (Å²) in [7, 11) is 0. The van der Waals surface area contributed by atoms with Gasteiger partial charge in [0.1, 0.15) is 0 Å². The molecule has 4 aliphatic rings. The molecule has 3 atom stereocenters. The van der Waals surface area contributed by atoms with Crippen LogP contribution in [-0.2, 0) is 6.42 Å². The van der Waals surface area contributed by atoms with Crippen molar-refractivity contribution >= 4 is 63.5 Å². The monoisotopic (exact) mass is 808 g/mol. The van der Waals surface area contributed by atoms with E-state index in [9.17, 15) is 0 Å². The molecule has 0 saturated heterocycles. The predicted molar refractivity (Wildman–Crippen MR) is 268 cm³/mol. The average molecular weight is 809 g/mol. The van der Waals surface area contributed by atoms with Gasteiger partial charge in [-0.25, -0.2) is 0 Å². The maximum Gasteiger partial charge on any atom is 0.0540 e. The van der Waals surface area contributed by atoms with Gasteiger partial charge in [-0.05, 0) is 129 Å². The van der Waals surface area contributed by atoms with E-state index in [-0.39, 0.29) is 5.92 Å². The molecule has 12 rings (SSSR count). The van der Waals surface area contributed by atoms with Gasteiger partial charge in [0.15, 0.2) is 0 Å². The Morgan fingerprint density at radius 2 is 1.21 bits per heavy atom. The van der Waals surface area contributed by atoms with Crippen LogP contribution in [0.3, 0.4) is 0 Å². The minimum Gasteiger partial charge on any atom is -0.341 e. The fraction of sp³-hybridized carbons (Fsp3) is 0.115. The molecule has 2 aliphatic carbocycles. The maximum absolute atomic E-state index is 2.51. The van der Waals surface area contributed by atoms with Gasteiger partial charge >= 0.3 is 0 Å². The third-order valence-electron chi connectivity index (χ3n) is 14.0. The van der Waals surface area contributed by atoms with Crippen LogP contribution in [0.4, 0.5) is 28.4 Å². The Hall–Kier alpha value is -7.42. The summed E-state index contributed by atoms with van der Waals surface area (Å²) in [6.07, 6.45) is 20.8. The molecule has 0 radical (unpaired) electrons. The summed E-state index contributed by atoms with van der Waals surface area (Å²) in [4.78, 5) is 4.95. The molecule has 8 aromatic carbocycles. The van der Waals surface area contributed by atoms with E-state index in [2.05, 4.69) is 235 Å². The average Bonchev–Trinajstić information content (AvgIpc) is 3.57. The molecule has 0 amide bonds. The zero-order valence-electron chi connectivity index (χ0n) is 35.5. The number of allylic oxidation sites excluding steroid dienone is 4. The molecule has 0 bridgehead atoms. The van der Waals surface area contributed by atoms with Crippen molar-refractivity contribution < 1.29 is 0 Å². The van der Waals surface area contributed by atoms with E-state index in [1.54, 1.807) is 0 Å². The van der Waals surface area contributed by atoms with Gasteiger partial charge in [0.05, 0.1) is 17.1 Å². The summed E-state index contributed by atoms with van der Waals surface area (Å²) in [5.74, 6) is 0.961. The van der Waals surface area contributed by atoms with Crippen LogP contribution < -0.4 is 9.80 Å². The van der Waals surface area contributed by atoms with E-state index in [1.807, 2.05) is 0 Å². The van der Waals surface area contributed by atoms with Gasteiger partial charge in [-0.1, -0.05) is 182 Å². The second kappa shape index (κ2) is 15.5. The lowest BCUT2D eigenvalue weighted by Crippen LogP contribution is -2.24. The predicted octanol–water partition coefficient (Wildman–Crippen LogP) is 16.0. The molecule has 63 heavy (non-hydrogen) atoms. The van der Waals surface area contributed by atoms with Crippen LogP contribution in [0.25, 0.3) is 46.2 Å². The molecule has 0 fully saturated rings. The fourth-order valence-corrected chi connectivity index (χ4v) is 11.1. The molecule has 0 aromatic heterocycles. The third kappa shape index (κ3) is 6.40. The van der Waals surface area contributed by atoms with Crippen LogP contribution in [-0.4, -0.2) is 6.54 Å². The van der Waals surface area contributed by atoms with E-state index >= 15 is 0 Å². The molecule has 2 aliphatic heterocycles. The van der Waals surface area contributed by atoms with Crippen LogP contribution in [0.15, 0.2) is 194 Å². The van der Waals surface area contributed by atoms with Gasteiger partial charge < -0.3 is 9.80 Å². The van der Waals surface area contributed by atoms with Crippen LogP contribution >= 0.6 is 0 Å². The lowest BCUT2D eigenvalue weighted by Gasteiger charge is -2.32. The number of hydrogen-bond donors (Lipinski definition) is 0. The summed E-state index contributed by atoms with van der Waals surface area (Å²) in [5.41, 5.74) is 20.6. The smallest absolute Gasteiger partial charge is 0.0540 e. The molecule has 2 heterocycles. The van der Waals surface area contributed by atoms with Crippen LogP contribution in [0.5, 0.6) is 0 Å². The molecule has 2 heteroatoms. The van der Waals surface area contributed by atoms with E-state index in [0.29, 0.717) is 11.8 Å². The van der Waals surface area contributed by atoms with Crippen molar-refractivity contribution in [3.63, 3.8) is 0 Å². The minimum absolute atomic E-state index is 0.234. The highest BCUT2D eigenvalue weighted by atomic mass is 15.2.